The molecule has 5 heteroatoms. The number of fused-ring (bicyclic) bond motifs is 1. The maximum Gasteiger partial charge on any atom is 0.137 e. The van der Waals surface area contributed by atoms with E-state index in [0.29, 0.717) is 10.9 Å². The summed E-state index contributed by atoms with van der Waals surface area (Å²) in [5.41, 5.74) is 12.7. The highest BCUT2D eigenvalue weighted by Crippen LogP contribution is 2.39. The van der Waals surface area contributed by atoms with Gasteiger partial charge in [-0.3, -0.25) is 0 Å². The number of halogens is 1. The van der Waals surface area contributed by atoms with Crippen LogP contribution in [0.25, 0.3) is 27.7 Å². The van der Waals surface area contributed by atoms with Crippen LogP contribution in [0.1, 0.15) is 48.9 Å². The average molecular weight is 511 g/mol. The van der Waals surface area contributed by atoms with Crippen molar-refractivity contribution in [3.8, 4) is 23.5 Å². The Morgan fingerprint density at radius 1 is 1.22 bits per heavy atom. The van der Waals surface area contributed by atoms with E-state index < -0.39 is 0 Å². The molecule has 1 aliphatic heterocycles. The Hall–Kier alpha value is -3.52. The Morgan fingerprint density at radius 2 is 1.95 bits per heavy atom. The van der Waals surface area contributed by atoms with E-state index in [9.17, 15) is 0 Å². The molecule has 5 rings (SSSR count). The van der Waals surface area contributed by atoms with Crippen molar-refractivity contribution >= 4 is 33.9 Å². The third kappa shape index (κ3) is 5.91. The maximum absolute atomic E-state index is 6.96. The lowest BCUT2D eigenvalue weighted by atomic mass is 9.94. The van der Waals surface area contributed by atoms with E-state index in [2.05, 4.69) is 96.1 Å². The van der Waals surface area contributed by atoms with E-state index in [0.717, 1.165) is 69.6 Å². The first-order valence-corrected chi connectivity index (χ1v) is 13.2. The summed E-state index contributed by atoms with van der Waals surface area (Å²) in [6, 6.07) is 14.9. The minimum atomic E-state index is 0.692. The molecule has 190 valence electrons. The van der Waals surface area contributed by atoms with Crippen LogP contribution in [0, 0.1) is 32.1 Å². The van der Waals surface area contributed by atoms with Crippen molar-refractivity contribution in [1.82, 2.24) is 15.0 Å². The van der Waals surface area contributed by atoms with Gasteiger partial charge in [-0.25, -0.2) is 9.99 Å². The molecule has 1 atom stereocenters. The van der Waals surface area contributed by atoms with Crippen LogP contribution in [0.15, 0.2) is 61.4 Å². The molecular formula is C32H35ClN4. The number of benzene rings is 2. The largest absolute Gasteiger partial charge is 0.346 e. The Bertz CT molecular complexity index is 1440. The number of nitrogens with one attached hydrogen (secondary N) is 2. The summed E-state index contributed by atoms with van der Waals surface area (Å²) in [7, 11) is 0. The smallest absolute Gasteiger partial charge is 0.137 e. The summed E-state index contributed by atoms with van der Waals surface area (Å²) in [6.07, 6.45) is 10.7. The molecule has 2 aromatic heterocycles. The Kier molecular flexibility index (Phi) is 8.38. The van der Waals surface area contributed by atoms with Crippen molar-refractivity contribution in [2.75, 3.05) is 18.5 Å². The number of aromatic amines is 1. The third-order valence-corrected chi connectivity index (χ3v) is 7.19. The summed E-state index contributed by atoms with van der Waals surface area (Å²) < 4.78 is 0. The Morgan fingerprint density at radius 3 is 2.59 bits per heavy atom. The Labute approximate surface area is 225 Å². The molecule has 0 aliphatic carbocycles. The van der Waals surface area contributed by atoms with E-state index in [4.69, 9.17) is 18.0 Å². The molecule has 1 aliphatic rings. The number of hydrogen-bond acceptors (Lipinski definition) is 3. The lowest BCUT2D eigenvalue weighted by molar-refractivity contribution is 0.395. The number of pyridine rings is 1. The SMILES string of the molecule is C#CCC.C=C(c1c(C)ccc(NN2CCC(C)C2)c1Cl)c1c[nH]c2ncc(-c3ccc(C)cc3)cc12. The molecule has 0 spiro atoms. The predicted octanol–water partition coefficient (Wildman–Crippen LogP) is 8.26. The van der Waals surface area contributed by atoms with Crippen LogP contribution >= 0.6 is 11.6 Å². The molecule has 1 fully saturated rings. The summed E-state index contributed by atoms with van der Waals surface area (Å²) in [5.74, 6) is 3.12. The average Bonchev–Trinajstić information content (AvgIpc) is 3.51. The molecule has 0 bridgehead atoms. The second kappa shape index (κ2) is 11.7. The van der Waals surface area contributed by atoms with E-state index in [-0.39, 0.29) is 0 Å². The van der Waals surface area contributed by atoms with E-state index >= 15 is 0 Å². The predicted molar refractivity (Wildman–Crippen MR) is 159 cm³/mol. The monoisotopic (exact) mass is 510 g/mol. The van der Waals surface area contributed by atoms with Gasteiger partial charge in [0.25, 0.3) is 0 Å². The zero-order valence-corrected chi connectivity index (χ0v) is 22.9. The molecule has 4 aromatic rings. The second-order valence-corrected chi connectivity index (χ2v) is 10.2. The van der Waals surface area contributed by atoms with Gasteiger partial charge in [0.15, 0.2) is 0 Å². The quantitative estimate of drug-likeness (QED) is 0.265. The van der Waals surface area contributed by atoms with Gasteiger partial charge in [0, 0.05) is 54.0 Å². The molecule has 1 saturated heterocycles. The number of H-pyrrole nitrogens is 1. The third-order valence-electron chi connectivity index (χ3n) is 6.80. The van der Waals surface area contributed by atoms with Gasteiger partial charge < -0.3 is 10.4 Å². The number of aryl methyl sites for hydroxylation is 2. The molecule has 0 radical (unpaired) electrons. The van der Waals surface area contributed by atoms with E-state index in [1.165, 1.54) is 12.0 Å². The lowest BCUT2D eigenvalue weighted by Gasteiger charge is -2.22. The van der Waals surface area contributed by atoms with E-state index in [1.54, 1.807) is 0 Å². The van der Waals surface area contributed by atoms with Crippen LogP contribution in [0.5, 0.6) is 0 Å². The highest BCUT2D eigenvalue weighted by Gasteiger charge is 2.21. The van der Waals surface area contributed by atoms with Crippen molar-refractivity contribution in [3.05, 3.63) is 88.7 Å². The van der Waals surface area contributed by atoms with Gasteiger partial charge in [-0.1, -0.05) is 67.9 Å². The topological polar surface area (TPSA) is 44.0 Å². The number of hydrazine groups is 1. The van der Waals surface area contributed by atoms with Crippen LogP contribution in [0.4, 0.5) is 5.69 Å². The molecule has 3 heterocycles. The van der Waals surface area contributed by atoms with Crippen LogP contribution < -0.4 is 5.43 Å². The molecule has 0 amide bonds. The van der Waals surface area contributed by atoms with Crippen molar-refractivity contribution < 1.29 is 0 Å². The zero-order chi connectivity index (χ0) is 26.5. The molecule has 4 nitrogen and oxygen atoms in total. The number of aromatic nitrogens is 2. The summed E-state index contributed by atoms with van der Waals surface area (Å²) in [6.45, 7) is 14.9. The van der Waals surface area contributed by atoms with Gasteiger partial charge in [-0.2, -0.15) is 0 Å². The molecule has 2 N–H and O–H groups in total. The van der Waals surface area contributed by atoms with Crippen molar-refractivity contribution in [3.63, 3.8) is 0 Å². The molecule has 37 heavy (non-hydrogen) atoms. The maximum atomic E-state index is 6.96. The van der Waals surface area contributed by atoms with Crippen LogP contribution in [0.3, 0.4) is 0 Å². The standard InChI is InChI=1S/C28H29ClN4.C4H6/c1-17-5-8-21(9-6-17)22-13-23-24(15-31-28(23)30-14-22)20(4)26-19(3)7-10-25(27(26)29)32-33-12-11-18(2)16-33;1-3-4-2/h5-10,13-15,18,32H,4,11-12,16H2,1-3H3,(H,30,31);1H,4H2,2H3. The van der Waals surface area contributed by atoms with Crippen LogP contribution in [-0.2, 0) is 0 Å². The Balaban J connectivity index is 0.000000747. The normalized spacial score (nSPS) is 15.2. The van der Waals surface area contributed by atoms with Crippen molar-refractivity contribution in [2.24, 2.45) is 5.92 Å². The summed E-state index contributed by atoms with van der Waals surface area (Å²) in [5, 5.41) is 3.99. The highest BCUT2D eigenvalue weighted by molar-refractivity contribution is 6.35. The molecule has 2 aromatic carbocycles. The van der Waals surface area contributed by atoms with Crippen molar-refractivity contribution in [2.45, 2.75) is 40.5 Å². The van der Waals surface area contributed by atoms with Crippen LogP contribution in [0.2, 0.25) is 5.02 Å². The van der Waals surface area contributed by atoms with Crippen molar-refractivity contribution in [1.29, 1.82) is 0 Å². The van der Waals surface area contributed by atoms with Gasteiger partial charge in [0.05, 0.1) is 10.7 Å². The van der Waals surface area contributed by atoms with Gasteiger partial charge in [0.1, 0.15) is 5.65 Å². The number of hydrogen-bond donors (Lipinski definition) is 2. The minimum absolute atomic E-state index is 0.692. The first-order valence-electron chi connectivity index (χ1n) is 12.8. The fourth-order valence-electron chi connectivity index (χ4n) is 4.63. The zero-order valence-electron chi connectivity index (χ0n) is 22.2. The van der Waals surface area contributed by atoms with Gasteiger partial charge in [-0.15, -0.1) is 12.3 Å². The van der Waals surface area contributed by atoms with Gasteiger partial charge >= 0.3 is 0 Å². The van der Waals surface area contributed by atoms with E-state index in [1.807, 2.05) is 19.3 Å². The second-order valence-electron chi connectivity index (χ2n) is 9.80. The molecule has 1 unspecified atom stereocenters. The fourth-order valence-corrected chi connectivity index (χ4v) is 5.00. The summed E-state index contributed by atoms with van der Waals surface area (Å²) in [4.78, 5) is 7.97. The number of nitrogens with zero attached hydrogens (tertiary/aromatic N) is 2. The number of anilines is 1. The first kappa shape index (κ1) is 26.5. The number of terminal acetylenes is 1. The highest BCUT2D eigenvalue weighted by atomic mass is 35.5. The lowest BCUT2D eigenvalue weighted by Crippen LogP contribution is -2.27. The fraction of sp³-hybridized carbons (Fsp3) is 0.281. The molecule has 0 saturated carbocycles. The summed E-state index contributed by atoms with van der Waals surface area (Å²) >= 11 is 6.96. The molecular weight excluding hydrogens is 476 g/mol. The number of rotatable bonds is 5. The van der Waals surface area contributed by atoms with Gasteiger partial charge in [-0.05, 0) is 55.0 Å². The first-order chi connectivity index (χ1) is 17.8. The van der Waals surface area contributed by atoms with Crippen LogP contribution in [-0.4, -0.2) is 28.1 Å². The minimum Gasteiger partial charge on any atom is -0.346 e. The van der Waals surface area contributed by atoms with Gasteiger partial charge in [0.2, 0.25) is 0 Å².